The van der Waals surface area contributed by atoms with Gasteiger partial charge in [-0.05, 0) is 12.0 Å². The maximum Gasteiger partial charge on any atom is 0.293 e. The van der Waals surface area contributed by atoms with Crippen LogP contribution in [-0.4, -0.2) is 15.6 Å². The van der Waals surface area contributed by atoms with E-state index in [2.05, 4.69) is 22.4 Å². The van der Waals surface area contributed by atoms with E-state index in [0.717, 1.165) is 6.42 Å². The second-order valence-corrected chi connectivity index (χ2v) is 4.70. The third-order valence-corrected chi connectivity index (χ3v) is 3.36. The zero-order valence-corrected chi connectivity index (χ0v) is 10.2. The third-order valence-electron chi connectivity index (χ3n) is 3.36. The van der Waals surface area contributed by atoms with Crippen LogP contribution in [0.25, 0.3) is 0 Å². The van der Waals surface area contributed by atoms with Crippen LogP contribution in [0.4, 0.5) is 5.82 Å². The molecule has 2 unspecified atom stereocenters. The summed E-state index contributed by atoms with van der Waals surface area (Å²) in [7, 11) is 1.73. The number of aromatic nitrogens is 2. The average Bonchev–Trinajstić information content (AvgIpc) is 3.15. The second kappa shape index (κ2) is 4.29. The molecule has 1 fully saturated rings. The number of nitrogens with one attached hydrogen (secondary N) is 1. The molecule has 1 aliphatic carbocycles. The van der Waals surface area contributed by atoms with Crippen LogP contribution in [-0.2, 0) is 7.05 Å². The molecule has 2 atom stereocenters. The average molecular weight is 241 g/mol. The van der Waals surface area contributed by atoms with Gasteiger partial charge in [0.2, 0.25) is 0 Å². The number of benzene rings is 1. The lowest BCUT2D eigenvalue weighted by atomic mass is 10.1. The predicted molar refractivity (Wildman–Crippen MR) is 70.7 cm³/mol. The highest BCUT2D eigenvalue weighted by atomic mass is 16.1. The summed E-state index contributed by atoms with van der Waals surface area (Å²) in [6.45, 7) is 0. The Morgan fingerprint density at radius 3 is 2.89 bits per heavy atom. The SMILES string of the molecule is Cn1ccnc(NC2CC2c2ccccc2)c1=O. The van der Waals surface area contributed by atoms with Crippen molar-refractivity contribution in [2.45, 2.75) is 18.4 Å². The van der Waals surface area contributed by atoms with Crippen molar-refractivity contribution >= 4 is 5.82 Å². The Labute approximate surface area is 105 Å². The molecule has 4 heteroatoms. The third kappa shape index (κ3) is 2.01. The minimum Gasteiger partial charge on any atom is -0.362 e. The van der Waals surface area contributed by atoms with E-state index in [1.54, 1.807) is 19.4 Å². The van der Waals surface area contributed by atoms with Crippen LogP contribution in [0, 0.1) is 0 Å². The molecule has 1 aromatic carbocycles. The molecular formula is C14H15N3O. The monoisotopic (exact) mass is 241 g/mol. The minimum atomic E-state index is -0.0730. The molecule has 0 aliphatic heterocycles. The van der Waals surface area contributed by atoms with Crippen LogP contribution in [0.3, 0.4) is 0 Å². The zero-order valence-electron chi connectivity index (χ0n) is 10.2. The number of hydrogen-bond donors (Lipinski definition) is 1. The predicted octanol–water partition coefficient (Wildman–Crippen LogP) is 1.75. The molecule has 3 rings (SSSR count). The van der Waals surface area contributed by atoms with E-state index in [9.17, 15) is 4.79 Å². The summed E-state index contributed by atoms with van der Waals surface area (Å²) in [4.78, 5) is 15.9. The smallest absolute Gasteiger partial charge is 0.293 e. The Morgan fingerprint density at radius 1 is 1.33 bits per heavy atom. The maximum atomic E-state index is 11.8. The first-order valence-corrected chi connectivity index (χ1v) is 6.09. The first kappa shape index (κ1) is 11.0. The van der Waals surface area contributed by atoms with Crippen molar-refractivity contribution in [2.24, 2.45) is 7.05 Å². The van der Waals surface area contributed by atoms with Crippen LogP contribution in [0.2, 0.25) is 0 Å². The van der Waals surface area contributed by atoms with E-state index >= 15 is 0 Å². The van der Waals surface area contributed by atoms with E-state index in [1.165, 1.54) is 10.1 Å². The highest BCUT2D eigenvalue weighted by molar-refractivity contribution is 5.40. The van der Waals surface area contributed by atoms with Gasteiger partial charge in [-0.15, -0.1) is 0 Å². The van der Waals surface area contributed by atoms with Crippen molar-refractivity contribution in [1.29, 1.82) is 0 Å². The summed E-state index contributed by atoms with van der Waals surface area (Å²) >= 11 is 0. The van der Waals surface area contributed by atoms with Gasteiger partial charge < -0.3 is 9.88 Å². The largest absolute Gasteiger partial charge is 0.362 e. The van der Waals surface area contributed by atoms with Crippen LogP contribution < -0.4 is 10.9 Å². The Bertz CT molecular complexity index is 606. The Hall–Kier alpha value is -2.10. The summed E-state index contributed by atoms with van der Waals surface area (Å²) < 4.78 is 1.54. The van der Waals surface area contributed by atoms with Crippen molar-refractivity contribution in [3.8, 4) is 0 Å². The van der Waals surface area contributed by atoms with E-state index in [-0.39, 0.29) is 5.56 Å². The van der Waals surface area contributed by atoms with Crippen molar-refractivity contribution in [2.75, 3.05) is 5.32 Å². The fraction of sp³-hybridized carbons (Fsp3) is 0.286. The first-order chi connectivity index (χ1) is 8.75. The summed E-state index contributed by atoms with van der Waals surface area (Å²) in [6.07, 6.45) is 4.36. The minimum absolute atomic E-state index is 0.0730. The van der Waals surface area contributed by atoms with Gasteiger partial charge in [-0.3, -0.25) is 4.79 Å². The summed E-state index contributed by atoms with van der Waals surface area (Å²) in [5.74, 6) is 0.946. The van der Waals surface area contributed by atoms with Crippen LogP contribution in [0.5, 0.6) is 0 Å². The summed E-state index contributed by atoms with van der Waals surface area (Å²) in [6, 6.07) is 10.7. The molecule has 92 valence electrons. The molecule has 1 saturated carbocycles. The van der Waals surface area contributed by atoms with Crippen molar-refractivity contribution in [3.05, 3.63) is 58.6 Å². The van der Waals surface area contributed by atoms with Gasteiger partial charge >= 0.3 is 0 Å². The van der Waals surface area contributed by atoms with Gasteiger partial charge in [0.25, 0.3) is 5.56 Å². The lowest BCUT2D eigenvalue weighted by Gasteiger charge is -2.05. The molecule has 0 radical (unpaired) electrons. The topological polar surface area (TPSA) is 46.9 Å². The molecule has 1 aliphatic rings. The molecule has 0 amide bonds. The highest BCUT2D eigenvalue weighted by Crippen LogP contribution is 2.42. The van der Waals surface area contributed by atoms with Gasteiger partial charge in [0.05, 0.1) is 0 Å². The normalized spacial score (nSPS) is 21.6. The van der Waals surface area contributed by atoms with Gasteiger partial charge in [-0.1, -0.05) is 30.3 Å². The van der Waals surface area contributed by atoms with Gasteiger partial charge in [-0.25, -0.2) is 4.98 Å². The number of hydrogen-bond acceptors (Lipinski definition) is 3. The molecule has 1 N–H and O–H groups in total. The van der Waals surface area contributed by atoms with Crippen molar-refractivity contribution in [1.82, 2.24) is 9.55 Å². The molecule has 2 aromatic rings. The molecular weight excluding hydrogens is 226 g/mol. The molecule has 0 bridgehead atoms. The molecule has 18 heavy (non-hydrogen) atoms. The molecule has 1 aromatic heterocycles. The number of anilines is 1. The molecule has 4 nitrogen and oxygen atoms in total. The van der Waals surface area contributed by atoms with E-state index in [0.29, 0.717) is 17.8 Å². The van der Waals surface area contributed by atoms with Gasteiger partial charge in [-0.2, -0.15) is 0 Å². The fourth-order valence-corrected chi connectivity index (χ4v) is 2.20. The van der Waals surface area contributed by atoms with Crippen LogP contribution in [0.15, 0.2) is 47.5 Å². The standard InChI is InChI=1S/C14H15N3O/c1-17-8-7-15-13(14(17)18)16-12-9-11(12)10-5-3-2-4-6-10/h2-8,11-12H,9H2,1H3,(H,15,16). The van der Waals surface area contributed by atoms with E-state index in [1.807, 2.05) is 18.2 Å². The fourth-order valence-electron chi connectivity index (χ4n) is 2.20. The quantitative estimate of drug-likeness (QED) is 0.890. The van der Waals surface area contributed by atoms with Crippen LogP contribution in [0.1, 0.15) is 17.9 Å². The van der Waals surface area contributed by atoms with Gasteiger partial charge in [0.15, 0.2) is 5.82 Å². The highest BCUT2D eigenvalue weighted by Gasteiger charge is 2.38. The number of rotatable bonds is 3. The molecule has 0 spiro atoms. The van der Waals surface area contributed by atoms with E-state index in [4.69, 9.17) is 0 Å². The Morgan fingerprint density at radius 2 is 2.11 bits per heavy atom. The molecule has 1 heterocycles. The number of nitrogens with zero attached hydrogens (tertiary/aromatic N) is 2. The van der Waals surface area contributed by atoms with Crippen LogP contribution >= 0.6 is 0 Å². The molecule has 0 saturated heterocycles. The Balaban J connectivity index is 1.73. The Kier molecular flexibility index (Phi) is 2.63. The maximum absolute atomic E-state index is 11.8. The van der Waals surface area contributed by atoms with Gasteiger partial charge in [0, 0.05) is 31.4 Å². The number of aryl methyl sites for hydroxylation is 1. The zero-order chi connectivity index (χ0) is 12.5. The lowest BCUT2D eigenvalue weighted by Crippen LogP contribution is -2.23. The first-order valence-electron chi connectivity index (χ1n) is 6.09. The van der Waals surface area contributed by atoms with Crippen molar-refractivity contribution in [3.63, 3.8) is 0 Å². The van der Waals surface area contributed by atoms with Crippen molar-refractivity contribution < 1.29 is 0 Å². The van der Waals surface area contributed by atoms with Gasteiger partial charge in [0.1, 0.15) is 0 Å². The summed E-state index contributed by atoms with van der Waals surface area (Å²) in [5, 5.41) is 3.23. The second-order valence-electron chi connectivity index (χ2n) is 4.70. The lowest BCUT2D eigenvalue weighted by molar-refractivity contribution is 0.837. The summed E-state index contributed by atoms with van der Waals surface area (Å²) in [5.41, 5.74) is 1.25. The van der Waals surface area contributed by atoms with E-state index < -0.39 is 0 Å².